The molecule has 0 atom stereocenters. The zero-order valence-electron chi connectivity index (χ0n) is 34.2. The summed E-state index contributed by atoms with van der Waals surface area (Å²) in [5.41, 5.74) is 2.63. The second kappa shape index (κ2) is 20.0. The van der Waals surface area contributed by atoms with E-state index in [9.17, 15) is 31.2 Å². The summed E-state index contributed by atoms with van der Waals surface area (Å²) in [5, 5.41) is 4.07. The molecule has 0 bridgehead atoms. The van der Waals surface area contributed by atoms with Gasteiger partial charge in [-0.05, 0) is 72.8 Å². The molecule has 0 radical (unpaired) electrons. The molecule has 0 amide bonds. The molecular formula is C41H37F3N8O11S. The van der Waals surface area contributed by atoms with Gasteiger partial charge >= 0.3 is 27.6 Å². The molecule has 2 aromatic carbocycles. The van der Waals surface area contributed by atoms with E-state index in [-0.39, 0.29) is 54.7 Å². The van der Waals surface area contributed by atoms with E-state index in [2.05, 4.69) is 39.2 Å². The number of pyridine rings is 4. The minimum atomic E-state index is -5.90. The van der Waals surface area contributed by atoms with Crippen molar-refractivity contribution in [1.29, 1.82) is 0 Å². The average Bonchev–Trinajstić information content (AvgIpc) is 3.94. The fourth-order valence-corrected chi connectivity index (χ4v) is 6.24. The van der Waals surface area contributed by atoms with E-state index in [1.54, 1.807) is 32.5 Å². The van der Waals surface area contributed by atoms with Gasteiger partial charge in [-0.2, -0.15) is 21.6 Å². The highest BCUT2D eigenvalue weighted by atomic mass is 32.2. The van der Waals surface area contributed by atoms with Gasteiger partial charge < -0.3 is 43.7 Å². The van der Waals surface area contributed by atoms with Gasteiger partial charge in [0.1, 0.15) is 18.9 Å². The van der Waals surface area contributed by atoms with Crippen molar-refractivity contribution >= 4 is 61.5 Å². The molecule has 64 heavy (non-hydrogen) atoms. The number of fused-ring (bicyclic) bond motifs is 2. The number of rotatable bonds is 12. The van der Waals surface area contributed by atoms with Gasteiger partial charge in [0.05, 0.1) is 69.3 Å². The monoisotopic (exact) mass is 906 g/mol. The number of hydrogen-bond donors (Lipinski definition) is 2. The standard InChI is InChI=1S/C20H18N4O4.C17H13F3N2O5S.C4H6N2O2/c1-26-16-6-5-12(8-17(16)27-2)14-9-15-13(4-3-7-21-15)20(24-14)23-10-18-22-11-19(25)28-18;1-25-14-6-5-10(8-15(14)26-2)12-9-13-11(4-3-7-21-13)16(22-12)27-28(23,24)17(18,19)20;5-1-3-6-2-4(7)8-3/h3-9H,10-11H2,1-2H3,(H,23,24);3-9H,1-2H3;1-2,5H2. The highest BCUT2D eigenvalue weighted by Crippen LogP contribution is 2.37. The van der Waals surface area contributed by atoms with E-state index < -0.39 is 21.5 Å². The molecule has 3 N–H and O–H groups in total. The van der Waals surface area contributed by atoms with Crippen LogP contribution < -0.4 is 34.2 Å². The lowest BCUT2D eigenvalue weighted by molar-refractivity contribution is -0.133. The maximum absolute atomic E-state index is 12.7. The van der Waals surface area contributed by atoms with Gasteiger partial charge in [-0.25, -0.2) is 29.5 Å². The number of nitrogens with zero attached hydrogens (tertiary/aromatic N) is 6. The summed E-state index contributed by atoms with van der Waals surface area (Å²) >= 11 is 0. The number of anilines is 1. The van der Waals surface area contributed by atoms with Crippen LogP contribution in [0, 0.1) is 0 Å². The Kier molecular flexibility index (Phi) is 14.3. The number of ether oxygens (including phenoxy) is 6. The molecule has 8 rings (SSSR count). The molecular weight excluding hydrogens is 870 g/mol. The molecule has 2 aliphatic heterocycles. The summed E-state index contributed by atoms with van der Waals surface area (Å²) in [6.07, 6.45) is 3.14. The zero-order chi connectivity index (χ0) is 46.0. The molecule has 0 saturated carbocycles. The van der Waals surface area contributed by atoms with Crippen LogP contribution >= 0.6 is 0 Å². The van der Waals surface area contributed by atoms with E-state index in [0.29, 0.717) is 46.2 Å². The number of aliphatic imine (C=N–C) groups is 2. The molecule has 6 aromatic rings. The van der Waals surface area contributed by atoms with Crippen LogP contribution in [-0.4, -0.2) is 112 Å². The summed E-state index contributed by atoms with van der Waals surface area (Å²) in [5.74, 6) is 1.97. The van der Waals surface area contributed by atoms with E-state index in [1.165, 1.54) is 44.7 Å². The Morgan fingerprint density at radius 3 is 1.66 bits per heavy atom. The number of nitrogens with two attached hydrogens (primary N) is 1. The van der Waals surface area contributed by atoms with E-state index in [0.717, 1.165) is 22.2 Å². The average molecular weight is 907 g/mol. The van der Waals surface area contributed by atoms with Crippen molar-refractivity contribution in [3.63, 3.8) is 0 Å². The topological polar surface area (TPSA) is 247 Å². The fraction of sp³-hybridized carbons (Fsp3) is 0.220. The third-order valence-corrected chi connectivity index (χ3v) is 9.75. The van der Waals surface area contributed by atoms with Gasteiger partial charge in [0, 0.05) is 28.9 Å². The number of carbonyl (C=O) groups is 2. The number of halogens is 3. The second-order valence-corrected chi connectivity index (χ2v) is 14.4. The molecule has 334 valence electrons. The van der Waals surface area contributed by atoms with Crippen LogP contribution in [0.4, 0.5) is 19.0 Å². The Bertz CT molecular complexity index is 2880. The van der Waals surface area contributed by atoms with Crippen LogP contribution in [0.15, 0.2) is 95.2 Å². The Hall–Kier alpha value is -7.66. The van der Waals surface area contributed by atoms with Crippen LogP contribution in [0.3, 0.4) is 0 Å². The molecule has 0 spiro atoms. The normalized spacial score (nSPS) is 13.3. The SMILES string of the molecule is COc1ccc(-c2cc3ncccc3c(NCC3=NCC(=O)O3)n2)cc1OC.COc1ccc(-c2cc3ncccc3c(OS(=O)(=O)C(F)(F)F)n2)cc1OC.NCC1=NCC(=O)O1. The third kappa shape index (κ3) is 10.9. The maximum atomic E-state index is 12.7. The molecule has 0 aliphatic carbocycles. The first-order valence-electron chi connectivity index (χ1n) is 18.6. The molecule has 6 heterocycles. The molecule has 23 heteroatoms. The second-order valence-electron chi connectivity index (χ2n) is 12.9. The number of nitrogens with one attached hydrogen (secondary N) is 1. The van der Waals surface area contributed by atoms with Gasteiger partial charge in [0.2, 0.25) is 17.7 Å². The Labute approximate surface area is 362 Å². The van der Waals surface area contributed by atoms with Crippen molar-refractivity contribution in [1.82, 2.24) is 19.9 Å². The van der Waals surface area contributed by atoms with Crippen molar-refractivity contribution in [2.45, 2.75) is 5.51 Å². The van der Waals surface area contributed by atoms with Crippen LogP contribution in [0.2, 0.25) is 0 Å². The Balaban J connectivity index is 0.000000181. The van der Waals surface area contributed by atoms with Gasteiger partial charge in [-0.15, -0.1) is 0 Å². The molecule has 19 nitrogen and oxygen atoms in total. The van der Waals surface area contributed by atoms with Gasteiger partial charge in [0.25, 0.3) is 0 Å². The van der Waals surface area contributed by atoms with Crippen LogP contribution in [-0.2, 0) is 29.2 Å². The largest absolute Gasteiger partial charge is 0.534 e. The van der Waals surface area contributed by atoms with Crippen molar-refractivity contribution in [2.24, 2.45) is 15.7 Å². The smallest absolute Gasteiger partial charge is 0.493 e. The number of esters is 2. The summed E-state index contributed by atoms with van der Waals surface area (Å²) in [6.45, 7) is 0.662. The molecule has 0 fully saturated rings. The quantitative estimate of drug-likeness (QED) is 0.0918. The summed E-state index contributed by atoms with van der Waals surface area (Å²) < 4.78 is 96.0. The van der Waals surface area contributed by atoms with Crippen molar-refractivity contribution < 1.29 is 63.8 Å². The summed E-state index contributed by atoms with van der Waals surface area (Å²) in [7, 11) is 0.151. The molecule has 2 aliphatic rings. The number of cyclic esters (lactones) is 2. The molecule has 0 saturated heterocycles. The number of hydrogen-bond acceptors (Lipinski definition) is 19. The first-order chi connectivity index (χ1) is 30.7. The van der Waals surface area contributed by atoms with Gasteiger partial charge in [-0.1, -0.05) is 0 Å². The fourth-order valence-electron chi connectivity index (χ4n) is 5.81. The van der Waals surface area contributed by atoms with Gasteiger partial charge in [-0.3, -0.25) is 9.97 Å². The highest BCUT2D eigenvalue weighted by molar-refractivity contribution is 7.88. The van der Waals surface area contributed by atoms with Crippen molar-refractivity contribution in [2.75, 3.05) is 59.9 Å². The Morgan fingerprint density at radius 2 is 1.19 bits per heavy atom. The lowest BCUT2D eigenvalue weighted by Gasteiger charge is -2.13. The highest BCUT2D eigenvalue weighted by Gasteiger charge is 2.49. The number of carbonyl (C=O) groups excluding carboxylic acids is 2. The minimum absolute atomic E-state index is 0.0135. The lowest BCUT2D eigenvalue weighted by Crippen LogP contribution is -2.28. The predicted octanol–water partition coefficient (Wildman–Crippen LogP) is 5.12. The first kappa shape index (κ1) is 45.9. The van der Waals surface area contributed by atoms with Gasteiger partial charge in [0.15, 0.2) is 23.0 Å². The maximum Gasteiger partial charge on any atom is 0.534 e. The minimum Gasteiger partial charge on any atom is -0.493 e. The molecule has 4 aromatic heterocycles. The lowest BCUT2D eigenvalue weighted by atomic mass is 10.1. The Morgan fingerprint density at radius 1 is 0.688 bits per heavy atom. The number of benzene rings is 2. The van der Waals surface area contributed by atoms with Crippen LogP contribution in [0.5, 0.6) is 28.9 Å². The zero-order valence-corrected chi connectivity index (χ0v) is 35.0. The third-order valence-electron chi connectivity index (χ3n) is 8.81. The van der Waals surface area contributed by atoms with Crippen LogP contribution in [0.1, 0.15) is 0 Å². The molecule has 0 unspecified atom stereocenters. The van der Waals surface area contributed by atoms with E-state index in [1.807, 2.05) is 36.4 Å². The summed E-state index contributed by atoms with van der Waals surface area (Å²) in [4.78, 5) is 46.3. The van der Waals surface area contributed by atoms with E-state index in [4.69, 9.17) is 34.4 Å². The predicted molar refractivity (Wildman–Crippen MR) is 226 cm³/mol. The van der Waals surface area contributed by atoms with Crippen LogP contribution in [0.25, 0.3) is 44.3 Å². The van der Waals surface area contributed by atoms with E-state index >= 15 is 0 Å². The number of methoxy groups -OCH3 is 4. The number of alkyl halides is 3. The summed E-state index contributed by atoms with van der Waals surface area (Å²) in [6, 6.07) is 20.3. The first-order valence-corrected chi connectivity index (χ1v) is 20.0. The van der Waals surface area contributed by atoms with Crippen molar-refractivity contribution in [3.05, 3.63) is 85.2 Å². The van der Waals surface area contributed by atoms with Crippen molar-refractivity contribution in [3.8, 4) is 51.4 Å². The number of aromatic nitrogens is 4.